The fourth-order valence-corrected chi connectivity index (χ4v) is 1.80. The Bertz CT molecular complexity index is 574. The Morgan fingerprint density at radius 3 is 2.60 bits per heavy atom. The highest BCUT2D eigenvalue weighted by atomic mass is 16.5. The molecule has 0 bridgehead atoms. The number of carbonyl (C=O) groups is 1. The van der Waals surface area contributed by atoms with Crippen molar-refractivity contribution in [3.63, 3.8) is 0 Å². The van der Waals surface area contributed by atoms with E-state index in [1.54, 1.807) is 14.0 Å². The van der Waals surface area contributed by atoms with Crippen molar-refractivity contribution in [2.75, 3.05) is 13.7 Å². The van der Waals surface area contributed by atoms with Gasteiger partial charge in [0.2, 0.25) is 0 Å². The van der Waals surface area contributed by atoms with Crippen molar-refractivity contribution in [3.8, 4) is 5.75 Å². The first-order valence-corrected chi connectivity index (χ1v) is 6.33. The van der Waals surface area contributed by atoms with Crippen LogP contribution in [0.25, 0.3) is 0 Å². The zero-order valence-electron chi connectivity index (χ0n) is 11.8. The van der Waals surface area contributed by atoms with Gasteiger partial charge in [-0.3, -0.25) is 0 Å². The van der Waals surface area contributed by atoms with E-state index in [0.717, 1.165) is 11.3 Å². The molecule has 1 aromatic heterocycles. The third-order valence-corrected chi connectivity index (χ3v) is 3.09. The lowest BCUT2D eigenvalue weighted by Crippen LogP contribution is -2.12. The molecule has 0 unspecified atom stereocenters. The summed E-state index contributed by atoms with van der Waals surface area (Å²) in [6.45, 7) is 3.96. The predicted molar refractivity (Wildman–Crippen MR) is 72.9 cm³/mol. The number of nitrogens with zero attached hydrogens (tertiary/aromatic N) is 1. The Hall–Kier alpha value is -2.30. The van der Waals surface area contributed by atoms with Crippen molar-refractivity contribution in [2.24, 2.45) is 0 Å². The minimum atomic E-state index is -0.461. The molecule has 0 fully saturated rings. The van der Waals surface area contributed by atoms with E-state index in [1.807, 2.05) is 31.2 Å². The molecule has 0 amide bonds. The SMILES string of the molecule is COc1ccc([C@H](C)COC(=O)c2ncoc2C)cc1. The summed E-state index contributed by atoms with van der Waals surface area (Å²) in [5, 5.41) is 0. The largest absolute Gasteiger partial charge is 0.497 e. The molecule has 5 heteroatoms. The number of hydrogen-bond acceptors (Lipinski definition) is 5. The minimum absolute atomic E-state index is 0.0945. The number of benzene rings is 1. The van der Waals surface area contributed by atoms with Crippen LogP contribution in [-0.4, -0.2) is 24.7 Å². The van der Waals surface area contributed by atoms with Gasteiger partial charge >= 0.3 is 5.97 Å². The minimum Gasteiger partial charge on any atom is -0.497 e. The molecule has 106 valence electrons. The molecule has 0 aliphatic carbocycles. The predicted octanol–water partition coefficient (Wildman–Crippen LogP) is 2.95. The number of carbonyl (C=O) groups excluding carboxylic acids is 1. The van der Waals surface area contributed by atoms with E-state index < -0.39 is 5.97 Å². The summed E-state index contributed by atoms with van der Waals surface area (Å²) in [5.41, 5.74) is 1.31. The Labute approximate surface area is 117 Å². The van der Waals surface area contributed by atoms with Crippen LogP contribution in [0.2, 0.25) is 0 Å². The summed E-state index contributed by atoms with van der Waals surface area (Å²) in [6, 6.07) is 7.68. The van der Waals surface area contributed by atoms with Gasteiger partial charge < -0.3 is 13.9 Å². The monoisotopic (exact) mass is 275 g/mol. The molecule has 0 radical (unpaired) electrons. The van der Waals surface area contributed by atoms with Crippen LogP contribution in [0.4, 0.5) is 0 Å². The first-order valence-electron chi connectivity index (χ1n) is 6.33. The summed E-state index contributed by atoms with van der Waals surface area (Å²) in [7, 11) is 1.63. The van der Waals surface area contributed by atoms with Gasteiger partial charge in [0.15, 0.2) is 12.1 Å². The van der Waals surface area contributed by atoms with Crippen LogP contribution in [0.5, 0.6) is 5.75 Å². The summed E-state index contributed by atoms with van der Waals surface area (Å²) in [6.07, 6.45) is 1.23. The van der Waals surface area contributed by atoms with Gasteiger partial charge in [0, 0.05) is 5.92 Å². The quantitative estimate of drug-likeness (QED) is 0.785. The number of aryl methyl sites for hydroxylation is 1. The number of rotatable bonds is 5. The molecule has 5 nitrogen and oxygen atoms in total. The van der Waals surface area contributed by atoms with E-state index in [2.05, 4.69) is 4.98 Å². The molecule has 2 rings (SSSR count). The van der Waals surface area contributed by atoms with E-state index >= 15 is 0 Å². The zero-order valence-corrected chi connectivity index (χ0v) is 11.8. The van der Waals surface area contributed by atoms with Gasteiger partial charge in [0.1, 0.15) is 11.5 Å². The molecule has 0 saturated carbocycles. The van der Waals surface area contributed by atoms with Gasteiger partial charge in [-0.15, -0.1) is 0 Å². The topological polar surface area (TPSA) is 61.6 Å². The maximum absolute atomic E-state index is 11.8. The highest BCUT2D eigenvalue weighted by molar-refractivity contribution is 5.88. The maximum Gasteiger partial charge on any atom is 0.360 e. The standard InChI is InChI=1S/C15H17NO4/c1-10(12-4-6-13(18-3)7-5-12)8-19-15(17)14-11(2)20-9-16-14/h4-7,9-10H,8H2,1-3H3/t10-/m1/s1. The van der Waals surface area contributed by atoms with Crippen molar-refractivity contribution < 1.29 is 18.7 Å². The lowest BCUT2D eigenvalue weighted by atomic mass is 10.0. The number of esters is 1. The second kappa shape index (κ2) is 6.23. The number of oxazole rings is 1. The van der Waals surface area contributed by atoms with Gasteiger partial charge in [-0.05, 0) is 24.6 Å². The van der Waals surface area contributed by atoms with Crippen LogP contribution in [0.3, 0.4) is 0 Å². The third kappa shape index (κ3) is 3.17. The zero-order chi connectivity index (χ0) is 14.5. The molecule has 1 atom stereocenters. The summed E-state index contributed by atoms with van der Waals surface area (Å²) >= 11 is 0. The van der Waals surface area contributed by atoms with Crippen LogP contribution in [-0.2, 0) is 4.74 Å². The molecule has 0 spiro atoms. The first-order chi connectivity index (χ1) is 9.61. The molecular weight excluding hydrogens is 258 g/mol. The van der Waals surface area contributed by atoms with E-state index in [0.29, 0.717) is 5.76 Å². The van der Waals surface area contributed by atoms with Crippen LogP contribution in [0.15, 0.2) is 35.1 Å². The van der Waals surface area contributed by atoms with Gasteiger partial charge in [-0.2, -0.15) is 0 Å². The van der Waals surface area contributed by atoms with Crippen molar-refractivity contribution in [3.05, 3.63) is 47.7 Å². The molecule has 2 aromatic rings. The number of aromatic nitrogens is 1. The van der Waals surface area contributed by atoms with E-state index in [4.69, 9.17) is 13.9 Å². The van der Waals surface area contributed by atoms with E-state index in [1.165, 1.54) is 6.39 Å². The summed E-state index contributed by atoms with van der Waals surface area (Å²) in [4.78, 5) is 15.6. The normalized spacial score (nSPS) is 11.9. The molecule has 0 N–H and O–H groups in total. The molecule has 0 aliphatic heterocycles. The third-order valence-electron chi connectivity index (χ3n) is 3.09. The molecule has 1 aromatic carbocycles. The van der Waals surface area contributed by atoms with Crippen molar-refractivity contribution in [1.82, 2.24) is 4.98 Å². The van der Waals surface area contributed by atoms with Gasteiger partial charge in [-0.1, -0.05) is 19.1 Å². The fraction of sp³-hybridized carbons (Fsp3) is 0.333. The van der Waals surface area contributed by atoms with Crippen LogP contribution in [0.1, 0.15) is 34.7 Å². The Morgan fingerprint density at radius 2 is 2.05 bits per heavy atom. The number of hydrogen-bond donors (Lipinski definition) is 0. The maximum atomic E-state index is 11.8. The molecule has 1 heterocycles. The Morgan fingerprint density at radius 1 is 1.35 bits per heavy atom. The second-order valence-electron chi connectivity index (χ2n) is 4.53. The Kier molecular flexibility index (Phi) is 4.40. The molecular formula is C15H17NO4. The van der Waals surface area contributed by atoms with E-state index in [9.17, 15) is 4.79 Å². The Balaban J connectivity index is 1.93. The van der Waals surface area contributed by atoms with Crippen molar-refractivity contribution >= 4 is 5.97 Å². The second-order valence-corrected chi connectivity index (χ2v) is 4.53. The molecule has 0 saturated heterocycles. The fourth-order valence-electron chi connectivity index (χ4n) is 1.80. The lowest BCUT2D eigenvalue weighted by Gasteiger charge is -2.12. The van der Waals surface area contributed by atoms with Crippen molar-refractivity contribution in [2.45, 2.75) is 19.8 Å². The van der Waals surface area contributed by atoms with Gasteiger partial charge in [-0.25, -0.2) is 9.78 Å². The van der Waals surface area contributed by atoms with Gasteiger partial charge in [0.05, 0.1) is 13.7 Å². The van der Waals surface area contributed by atoms with E-state index in [-0.39, 0.29) is 18.2 Å². The number of methoxy groups -OCH3 is 1. The average Bonchev–Trinajstić information content (AvgIpc) is 2.90. The summed E-state index contributed by atoms with van der Waals surface area (Å²) in [5.74, 6) is 0.900. The van der Waals surface area contributed by atoms with Crippen LogP contribution in [0, 0.1) is 6.92 Å². The molecule has 20 heavy (non-hydrogen) atoms. The smallest absolute Gasteiger partial charge is 0.360 e. The summed E-state index contributed by atoms with van der Waals surface area (Å²) < 4.78 is 15.3. The average molecular weight is 275 g/mol. The van der Waals surface area contributed by atoms with Crippen LogP contribution >= 0.6 is 0 Å². The van der Waals surface area contributed by atoms with Gasteiger partial charge in [0.25, 0.3) is 0 Å². The first kappa shape index (κ1) is 14.1. The van der Waals surface area contributed by atoms with Crippen LogP contribution < -0.4 is 4.74 Å². The molecule has 0 aliphatic rings. The number of ether oxygens (including phenoxy) is 2. The highest BCUT2D eigenvalue weighted by Crippen LogP contribution is 2.20. The highest BCUT2D eigenvalue weighted by Gasteiger charge is 2.16. The lowest BCUT2D eigenvalue weighted by molar-refractivity contribution is 0.0477. The van der Waals surface area contributed by atoms with Crippen molar-refractivity contribution in [1.29, 1.82) is 0 Å².